The summed E-state index contributed by atoms with van der Waals surface area (Å²) in [5.74, 6) is 1.81. The first-order valence-electron chi connectivity index (χ1n) is 7.45. The maximum atomic E-state index is 4.50. The number of likely N-dealkylation sites (tertiary alicyclic amines) is 1. The van der Waals surface area contributed by atoms with Crippen molar-refractivity contribution in [2.45, 2.75) is 31.3 Å². The van der Waals surface area contributed by atoms with Gasteiger partial charge < -0.3 is 15.5 Å². The van der Waals surface area contributed by atoms with Crippen LogP contribution in [0.2, 0.25) is 0 Å². The van der Waals surface area contributed by atoms with Crippen molar-refractivity contribution < 1.29 is 0 Å². The Bertz CT molecular complexity index is 407. The van der Waals surface area contributed by atoms with Gasteiger partial charge in [0, 0.05) is 25.7 Å². The second-order valence-corrected chi connectivity index (χ2v) is 5.76. The van der Waals surface area contributed by atoms with Crippen molar-refractivity contribution in [1.29, 1.82) is 0 Å². The van der Waals surface area contributed by atoms with Gasteiger partial charge in [-0.15, -0.1) is 0 Å². The molecule has 2 heterocycles. The Morgan fingerprint density at radius 3 is 2.50 bits per heavy atom. The fraction of sp³-hybridized carbons (Fsp3) is 0.714. The highest BCUT2D eigenvalue weighted by atomic mass is 32.2. The third-order valence-corrected chi connectivity index (χ3v) is 3.98. The van der Waals surface area contributed by atoms with E-state index in [1.807, 2.05) is 12.3 Å². The highest BCUT2D eigenvalue weighted by Gasteiger charge is 2.09. The molecule has 1 fully saturated rings. The van der Waals surface area contributed by atoms with E-state index >= 15 is 0 Å². The molecule has 0 atom stereocenters. The topological polar surface area (TPSA) is 53.1 Å². The Labute approximate surface area is 125 Å². The normalized spacial score (nSPS) is 16.1. The molecule has 20 heavy (non-hydrogen) atoms. The minimum atomic E-state index is 0.809. The van der Waals surface area contributed by atoms with E-state index in [0.717, 1.165) is 36.4 Å². The van der Waals surface area contributed by atoms with E-state index in [0.29, 0.717) is 0 Å². The minimum Gasteiger partial charge on any atom is -0.370 e. The summed E-state index contributed by atoms with van der Waals surface area (Å²) in [5.41, 5.74) is 0. The summed E-state index contributed by atoms with van der Waals surface area (Å²) in [6, 6.07) is 1.99. The first-order chi connectivity index (χ1) is 9.81. The number of hydrogen-bond acceptors (Lipinski definition) is 6. The molecule has 0 bridgehead atoms. The van der Waals surface area contributed by atoms with Crippen LogP contribution in [0.3, 0.4) is 0 Å². The molecule has 112 valence electrons. The third kappa shape index (κ3) is 4.83. The van der Waals surface area contributed by atoms with Gasteiger partial charge in [0.1, 0.15) is 11.6 Å². The molecule has 0 spiro atoms. The molecular weight excluding hydrogens is 270 g/mol. The van der Waals surface area contributed by atoms with Crippen LogP contribution in [0.4, 0.5) is 11.6 Å². The second kappa shape index (κ2) is 8.32. The molecule has 1 aromatic heterocycles. The van der Waals surface area contributed by atoms with Gasteiger partial charge in [-0.25, -0.2) is 9.97 Å². The van der Waals surface area contributed by atoms with Gasteiger partial charge in [-0.3, -0.25) is 0 Å². The zero-order chi connectivity index (χ0) is 14.2. The zero-order valence-electron chi connectivity index (χ0n) is 12.5. The Morgan fingerprint density at radius 1 is 1.15 bits per heavy atom. The molecule has 0 amide bonds. The molecule has 1 aliphatic heterocycles. The summed E-state index contributed by atoms with van der Waals surface area (Å²) in [4.78, 5) is 11.5. The molecule has 5 nitrogen and oxygen atoms in total. The quantitative estimate of drug-likeness (QED) is 0.595. The number of rotatable bonds is 7. The molecule has 0 aromatic carbocycles. The van der Waals surface area contributed by atoms with Gasteiger partial charge in [0.2, 0.25) is 0 Å². The van der Waals surface area contributed by atoms with Crippen molar-refractivity contribution in [3.63, 3.8) is 0 Å². The highest BCUT2D eigenvalue weighted by Crippen LogP contribution is 2.17. The predicted molar refractivity (Wildman–Crippen MR) is 86.8 cm³/mol. The molecule has 0 aliphatic carbocycles. The number of aromatic nitrogens is 2. The Balaban J connectivity index is 1.85. The van der Waals surface area contributed by atoms with Crippen LogP contribution >= 0.6 is 11.8 Å². The van der Waals surface area contributed by atoms with E-state index in [9.17, 15) is 0 Å². The maximum absolute atomic E-state index is 4.50. The smallest absolute Gasteiger partial charge is 0.191 e. The maximum Gasteiger partial charge on any atom is 0.191 e. The number of anilines is 2. The number of thioether (sulfide) groups is 1. The van der Waals surface area contributed by atoms with Crippen molar-refractivity contribution in [3.8, 4) is 0 Å². The van der Waals surface area contributed by atoms with Crippen LogP contribution in [0.1, 0.15) is 26.2 Å². The Morgan fingerprint density at radius 2 is 1.85 bits per heavy atom. The van der Waals surface area contributed by atoms with Crippen LogP contribution in [-0.4, -0.2) is 53.8 Å². The van der Waals surface area contributed by atoms with E-state index < -0.39 is 0 Å². The van der Waals surface area contributed by atoms with Gasteiger partial charge in [-0.2, -0.15) is 0 Å². The second-order valence-electron chi connectivity index (χ2n) is 4.98. The minimum absolute atomic E-state index is 0.809. The molecular formula is C14H25N5S. The van der Waals surface area contributed by atoms with Crippen LogP contribution in [0, 0.1) is 0 Å². The van der Waals surface area contributed by atoms with Crippen molar-refractivity contribution >= 4 is 23.4 Å². The number of hydrogen-bond donors (Lipinski definition) is 2. The van der Waals surface area contributed by atoms with E-state index in [2.05, 4.69) is 32.4 Å². The molecule has 2 N–H and O–H groups in total. The third-order valence-electron chi connectivity index (χ3n) is 3.43. The van der Waals surface area contributed by atoms with Gasteiger partial charge >= 0.3 is 0 Å². The molecule has 6 heteroatoms. The van der Waals surface area contributed by atoms with Gasteiger partial charge in [0.15, 0.2) is 5.16 Å². The van der Waals surface area contributed by atoms with Crippen molar-refractivity contribution in [2.24, 2.45) is 0 Å². The summed E-state index contributed by atoms with van der Waals surface area (Å²) in [7, 11) is 0. The van der Waals surface area contributed by atoms with Crippen molar-refractivity contribution in [1.82, 2.24) is 14.9 Å². The van der Waals surface area contributed by atoms with Crippen LogP contribution in [0.25, 0.3) is 0 Å². The summed E-state index contributed by atoms with van der Waals surface area (Å²) < 4.78 is 0. The largest absolute Gasteiger partial charge is 0.370 e. The van der Waals surface area contributed by atoms with Gasteiger partial charge in [-0.05, 0) is 39.1 Å². The van der Waals surface area contributed by atoms with Crippen LogP contribution in [0.15, 0.2) is 11.2 Å². The first kappa shape index (κ1) is 15.4. The summed E-state index contributed by atoms with van der Waals surface area (Å²) in [5, 5.41) is 7.48. The lowest BCUT2D eigenvalue weighted by atomic mass is 10.1. The van der Waals surface area contributed by atoms with Crippen molar-refractivity contribution in [3.05, 3.63) is 6.07 Å². The van der Waals surface area contributed by atoms with Crippen LogP contribution in [0.5, 0.6) is 0 Å². The summed E-state index contributed by atoms with van der Waals surface area (Å²) in [6.45, 7) is 7.46. The van der Waals surface area contributed by atoms with Crippen LogP contribution < -0.4 is 10.6 Å². The van der Waals surface area contributed by atoms with E-state index in [1.54, 1.807) is 11.8 Å². The Kier molecular flexibility index (Phi) is 6.39. The molecule has 1 aromatic rings. The zero-order valence-corrected chi connectivity index (χ0v) is 13.3. The van der Waals surface area contributed by atoms with E-state index in [-0.39, 0.29) is 0 Å². The SMILES string of the molecule is CCNc1cc(NCCN2CCCCC2)nc(SC)n1. The average Bonchev–Trinajstić information content (AvgIpc) is 2.48. The molecule has 1 aliphatic rings. The van der Waals surface area contributed by atoms with Gasteiger partial charge in [-0.1, -0.05) is 18.2 Å². The van der Waals surface area contributed by atoms with E-state index in [1.165, 1.54) is 32.4 Å². The molecule has 0 unspecified atom stereocenters. The number of nitrogens with one attached hydrogen (secondary N) is 2. The highest BCUT2D eigenvalue weighted by molar-refractivity contribution is 7.98. The lowest BCUT2D eigenvalue weighted by Crippen LogP contribution is -2.33. The number of nitrogens with zero attached hydrogens (tertiary/aromatic N) is 3. The van der Waals surface area contributed by atoms with Crippen molar-refractivity contribution in [2.75, 3.05) is 49.6 Å². The molecule has 2 rings (SSSR count). The summed E-state index contributed by atoms with van der Waals surface area (Å²) >= 11 is 1.57. The fourth-order valence-electron chi connectivity index (χ4n) is 2.40. The fourth-order valence-corrected chi connectivity index (χ4v) is 2.78. The monoisotopic (exact) mass is 295 g/mol. The first-order valence-corrected chi connectivity index (χ1v) is 8.67. The standard InChI is InChI=1S/C14H25N5S/c1-3-15-12-11-13(18-14(17-12)20-2)16-7-10-19-8-5-4-6-9-19/h11H,3-10H2,1-2H3,(H2,15,16,17,18). The van der Waals surface area contributed by atoms with Gasteiger partial charge in [0.25, 0.3) is 0 Å². The lowest BCUT2D eigenvalue weighted by molar-refractivity contribution is 0.237. The number of piperidine rings is 1. The predicted octanol–water partition coefficient (Wildman–Crippen LogP) is 2.53. The average molecular weight is 295 g/mol. The molecule has 0 radical (unpaired) electrons. The van der Waals surface area contributed by atoms with Gasteiger partial charge in [0.05, 0.1) is 0 Å². The molecule has 0 saturated carbocycles. The van der Waals surface area contributed by atoms with E-state index in [4.69, 9.17) is 0 Å². The summed E-state index contributed by atoms with van der Waals surface area (Å²) in [6.07, 6.45) is 6.07. The Hall–Kier alpha value is -1.01. The van der Waals surface area contributed by atoms with Crippen LogP contribution in [-0.2, 0) is 0 Å². The molecule has 1 saturated heterocycles. The lowest BCUT2D eigenvalue weighted by Gasteiger charge is -2.26.